The Labute approximate surface area is 117 Å². The van der Waals surface area contributed by atoms with Crippen LogP contribution in [0.4, 0.5) is 13.2 Å². The van der Waals surface area contributed by atoms with E-state index in [9.17, 15) is 26.4 Å². The Balaban J connectivity index is 2.48. The first-order chi connectivity index (χ1) is 9.43. The van der Waals surface area contributed by atoms with E-state index in [1.165, 1.54) is 26.0 Å². The first kappa shape index (κ1) is 15.4. The van der Waals surface area contributed by atoms with Crippen LogP contribution in [0.1, 0.15) is 24.2 Å². The van der Waals surface area contributed by atoms with Gasteiger partial charge in [-0.1, -0.05) is 6.07 Å². The lowest BCUT2D eigenvalue weighted by Crippen LogP contribution is -2.39. The number of hydrogen-bond acceptors (Lipinski definition) is 6. The molecule has 1 aliphatic heterocycles. The summed E-state index contributed by atoms with van der Waals surface area (Å²) in [6, 6.07) is 3.37. The zero-order chi connectivity index (χ0) is 16.1. The van der Waals surface area contributed by atoms with Gasteiger partial charge in [0.05, 0.1) is 0 Å². The van der Waals surface area contributed by atoms with Crippen molar-refractivity contribution < 1.29 is 40.0 Å². The number of fused-ring (bicyclic) bond motifs is 1. The molecule has 10 heteroatoms. The summed E-state index contributed by atoms with van der Waals surface area (Å²) in [6.45, 7) is 2.82. The van der Waals surface area contributed by atoms with E-state index < -0.39 is 38.7 Å². The van der Waals surface area contributed by atoms with Gasteiger partial charge in [-0.3, -0.25) is 0 Å². The molecule has 21 heavy (non-hydrogen) atoms. The standard InChI is InChI=1S/C11H9F3O6S/c1-10(2)18-6-4-3-5-7(8(6)9(15)19-10)20-21(16,17)11(12,13)14/h3-5H,1-2H3. The summed E-state index contributed by atoms with van der Waals surface area (Å²) < 4.78 is 73.0. The van der Waals surface area contributed by atoms with Crippen molar-refractivity contribution in [1.82, 2.24) is 0 Å². The average Bonchev–Trinajstić information content (AvgIpc) is 2.24. The van der Waals surface area contributed by atoms with Crippen molar-refractivity contribution >= 4 is 16.1 Å². The van der Waals surface area contributed by atoms with Gasteiger partial charge in [0.15, 0.2) is 5.75 Å². The average molecular weight is 326 g/mol. The lowest BCUT2D eigenvalue weighted by molar-refractivity contribution is -0.127. The van der Waals surface area contributed by atoms with Crippen molar-refractivity contribution in [2.24, 2.45) is 0 Å². The van der Waals surface area contributed by atoms with Crippen LogP contribution in [0, 0.1) is 0 Å². The Morgan fingerprint density at radius 1 is 1.19 bits per heavy atom. The predicted molar refractivity (Wildman–Crippen MR) is 62.2 cm³/mol. The molecule has 1 aliphatic rings. The third kappa shape index (κ3) is 2.89. The van der Waals surface area contributed by atoms with E-state index in [1.54, 1.807) is 0 Å². The zero-order valence-corrected chi connectivity index (χ0v) is 11.5. The van der Waals surface area contributed by atoms with Crippen LogP contribution in [0.25, 0.3) is 0 Å². The van der Waals surface area contributed by atoms with Crippen molar-refractivity contribution in [2.75, 3.05) is 0 Å². The fourth-order valence-corrected chi connectivity index (χ4v) is 2.06. The molecule has 0 atom stereocenters. The van der Waals surface area contributed by atoms with Crippen LogP contribution in [-0.4, -0.2) is 25.7 Å². The maximum Gasteiger partial charge on any atom is 0.534 e. The monoisotopic (exact) mass is 326 g/mol. The molecule has 1 aromatic rings. The molecule has 0 radical (unpaired) electrons. The Hall–Kier alpha value is -1.97. The van der Waals surface area contributed by atoms with E-state index in [1.807, 2.05) is 0 Å². The number of esters is 1. The van der Waals surface area contributed by atoms with Crippen LogP contribution >= 0.6 is 0 Å². The number of carbonyl (C=O) groups excluding carboxylic acids is 1. The van der Waals surface area contributed by atoms with Crippen LogP contribution < -0.4 is 8.92 Å². The molecule has 0 unspecified atom stereocenters. The Morgan fingerprint density at radius 2 is 1.81 bits per heavy atom. The van der Waals surface area contributed by atoms with Gasteiger partial charge in [-0.2, -0.15) is 21.6 Å². The molecule has 0 aromatic heterocycles. The van der Waals surface area contributed by atoms with Gasteiger partial charge < -0.3 is 13.7 Å². The van der Waals surface area contributed by atoms with Crippen LogP contribution in [0.3, 0.4) is 0 Å². The van der Waals surface area contributed by atoms with E-state index in [-0.39, 0.29) is 5.75 Å². The molecule has 0 amide bonds. The number of carbonyl (C=O) groups is 1. The smallest absolute Gasteiger partial charge is 0.452 e. The van der Waals surface area contributed by atoms with Crippen molar-refractivity contribution in [3.8, 4) is 11.5 Å². The van der Waals surface area contributed by atoms with Gasteiger partial charge in [0.2, 0.25) is 5.79 Å². The second-order valence-electron chi connectivity index (χ2n) is 4.50. The van der Waals surface area contributed by atoms with Gasteiger partial charge in [-0.15, -0.1) is 0 Å². The molecule has 1 aromatic carbocycles. The van der Waals surface area contributed by atoms with E-state index in [0.717, 1.165) is 6.07 Å². The summed E-state index contributed by atoms with van der Waals surface area (Å²) in [5, 5.41) is 0. The van der Waals surface area contributed by atoms with Crippen molar-refractivity contribution in [3.05, 3.63) is 23.8 Å². The van der Waals surface area contributed by atoms with Gasteiger partial charge in [0.25, 0.3) is 0 Å². The summed E-state index contributed by atoms with van der Waals surface area (Å²) in [4.78, 5) is 11.8. The van der Waals surface area contributed by atoms with E-state index in [0.29, 0.717) is 0 Å². The van der Waals surface area contributed by atoms with Gasteiger partial charge in [0.1, 0.15) is 11.3 Å². The second-order valence-corrected chi connectivity index (χ2v) is 6.04. The number of ether oxygens (including phenoxy) is 2. The number of cyclic esters (lactones) is 1. The van der Waals surface area contributed by atoms with Gasteiger partial charge in [0, 0.05) is 13.8 Å². The molecule has 2 rings (SSSR count). The van der Waals surface area contributed by atoms with Crippen LogP contribution in [0.5, 0.6) is 11.5 Å². The molecule has 6 nitrogen and oxygen atoms in total. The maximum atomic E-state index is 12.3. The lowest BCUT2D eigenvalue weighted by Gasteiger charge is -2.32. The minimum atomic E-state index is -5.90. The van der Waals surface area contributed by atoms with Crippen LogP contribution in [-0.2, 0) is 14.9 Å². The third-order valence-corrected chi connectivity index (χ3v) is 3.34. The van der Waals surface area contributed by atoms with Crippen molar-refractivity contribution in [1.29, 1.82) is 0 Å². The van der Waals surface area contributed by atoms with Crippen LogP contribution in [0.2, 0.25) is 0 Å². The molecule has 0 N–H and O–H groups in total. The zero-order valence-electron chi connectivity index (χ0n) is 10.7. The number of benzene rings is 1. The summed E-state index contributed by atoms with van der Waals surface area (Å²) in [7, 11) is -5.90. The first-order valence-electron chi connectivity index (χ1n) is 5.49. The fourth-order valence-electron chi connectivity index (χ4n) is 1.59. The minimum Gasteiger partial charge on any atom is -0.452 e. The highest BCUT2D eigenvalue weighted by molar-refractivity contribution is 7.88. The van der Waals surface area contributed by atoms with E-state index in [4.69, 9.17) is 9.47 Å². The summed E-state index contributed by atoms with van der Waals surface area (Å²) in [5.74, 6) is -3.32. The fraction of sp³-hybridized carbons (Fsp3) is 0.364. The largest absolute Gasteiger partial charge is 0.534 e. The summed E-state index contributed by atoms with van der Waals surface area (Å²) >= 11 is 0. The van der Waals surface area contributed by atoms with E-state index in [2.05, 4.69) is 4.18 Å². The topological polar surface area (TPSA) is 78.9 Å². The molecule has 116 valence electrons. The third-order valence-electron chi connectivity index (χ3n) is 2.37. The predicted octanol–water partition coefficient (Wildman–Crippen LogP) is 2.20. The molecule has 0 spiro atoms. The minimum absolute atomic E-state index is 0.133. The molecular formula is C11H9F3O6S. The van der Waals surface area contributed by atoms with Gasteiger partial charge in [-0.25, -0.2) is 4.79 Å². The molecule has 0 bridgehead atoms. The number of halogens is 3. The second kappa shape index (κ2) is 4.52. The maximum absolute atomic E-state index is 12.3. The quantitative estimate of drug-likeness (QED) is 0.471. The van der Waals surface area contributed by atoms with E-state index >= 15 is 0 Å². The van der Waals surface area contributed by atoms with Gasteiger partial charge in [-0.05, 0) is 12.1 Å². The molecule has 0 fully saturated rings. The highest BCUT2D eigenvalue weighted by Crippen LogP contribution is 2.38. The number of rotatable bonds is 2. The first-order valence-corrected chi connectivity index (χ1v) is 6.90. The summed E-state index contributed by atoms with van der Waals surface area (Å²) in [5.41, 5.74) is -6.14. The normalized spacial score (nSPS) is 17.5. The lowest BCUT2D eigenvalue weighted by atomic mass is 10.1. The van der Waals surface area contributed by atoms with Crippen molar-refractivity contribution in [2.45, 2.75) is 25.1 Å². The SMILES string of the molecule is CC1(C)OC(=O)c2c(cccc2OS(=O)(=O)C(F)(F)F)O1. The summed E-state index contributed by atoms with van der Waals surface area (Å²) in [6.07, 6.45) is 0. The van der Waals surface area contributed by atoms with Crippen LogP contribution in [0.15, 0.2) is 18.2 Å². The Bertz CT molecular complexity index is 692. The Kier molecular flexibility index (Phi) is 3.32. The Morgan fingerprint density at radius 3 is 2.38 bits per heavy atom. The number of hydrogen-bond donors (Lipinski definition) is 0. The molecule has 0 saturated carbocycles. The molecule has 1 heterocycles. The highest BCUT2D eigenvalue weighted by atomic mass is 32.2. The highest BCUT2D eigenvalue weighted by Gasteiger charge is 2.49. The molecule has 0 saturated heterocycles. The van der Waals surface area contributed by atoms with Gasteiger partial charge >= 0.3 is 21.6 Å². The molecule has 0 aliphatic carbocycles. The van der Waals surface area contributed by atoms with Crippen molar-refractivity contribution in [3.63, 3.8) is 0 Å². The number of alkyl halides is 3. The molecular weight excluding hydrogens is 317 g/mol.